The van der Waals surface area contributed by atoms with Gasteiger partial charge in [-0.2, -0.15) is 0 Å². The van der Waals surface area contributed by atoms with Crippen molar-refractivity contribution < 1.29 is 19.1 Å². The lowest BCUT2D eigenvalue weighted by molar-refractivity contribution is -0.154. The SMILES string of the molecule is CC(C)(C)OC(=O)C(Br)CC(Br)C(=O)OCc1ccccc1. The van der Waals surface area contributed by atoms with Crippen LogP contribution < -0.4 is 0 Å². The maximum atomic E-state index is 11.9. The van der Waals surface area contributed by atoms with Crippen LogP contribution in [0.3, 0.4) is 0 Å². The zero-order chi connectivity index (χ0) is 16.8. The van der Waals surface area contributed by atoms with Gasteiger partial charge in [0.05, 0.1) is 0 Å². The predicted octanol–water partition coefficient (Wildman–Crippen LogP) is 3.99. The Bertz CT molecular complexity index is 497. The lowest BCUT2D eigenvalue weighted by Gasteiger charge is -2.22. The molecule has 6 heteroatoms. The first-order chi connectivity index (χ1) is 10.2. The zero-order valence-corrected chi connectivity index (χ0v) is 16.0. The van der Waals surface area contributed by atoms with Gasteiger partial charge < -0.3 is 9.47 Å². The molecule has 0 bridgehead atoms. The topological polar surface area (TPSA) is 52.6 Å². The van der Waals surface area contributed by atoms with E-state index in [2.05, 4.69) is 31.9 Å². The Labute approximate surface area is 147 Å². The first-order valence-electron chi connectivity index (χ1n) is 6.90. The van der Waals surface area contributed by atoms with Crippen LogP contribution in [0.1, 0.15) is 32.8 Å². The highest BCUT2D eigenvalue weighted by Crippen LogP contribution is 2.20. The van der Waals surface area contributed by atoms with E-state index in [1.54, 1.807) is 20.8 Å². The molecule has 122 valence electrons. The summed E-state index contributed by atoms with van der Waals surface area (Å²) in [6, 6.07) is 9.42. The van der Waals surface area contributed by atoms with E-state index in [-0.39, 0.29) is 13.0 Å². The van der Waals surface area contributed by atoms with E-state index in [4.69, 9.17) is 9.47 Å². The fourth-order valence-electron chi connectivity index (χ4n) is 1.56. The number of halogens is 2. The first-order valence-corrected chi connectivity index (χ1v) is 8.74. The molecule has 1 aromatic carbocycles. The summed E-state index contributed by atoms with van der Waals surface area (Å²) in [6.07, 6.45) is 0.253. The Morgan fingerprint density at radius 2 is 1.59 bits per heavy atom. The second-order valence-corrected chi connectivity index (χ2v) is 8.01. The van der Waals surface area contributed by atoms with Crippen molar-refractivity contribution in [3.8, 4) is 0 Å². The molecule has 0 aliphatic carbocycles. The summed E-state index contributed by atoms with van der Waals surface area (Å²) in [5, 5.41) is 0. The van der Waals surface area contributed by atoms with Gasteiger partial charge in [0.25, 0.3) is 0 Å². The summed E-state index contributed by atoms with van der Waals surface area (Å²) in [5.41, 5.74) is 0.358. The Morgan fingerprint density at radius 1 is 1.05 bits per heavy atom. The number of carbonyl (C=O) groups excluding carboxylic acids is 2. The lowest BCUT2D eigenvalue weighted by atomic mass is 10.2. The minimum absolute atomic E-state index is 0.209. The fraction of sp³-hybridized carbons (Fsp3) is 0.500. The number of rotatable bonds is 6. The van der Waals surface area contributed by atoms with E-state index >= 15 is 0 Å². The molecule has 1 aromatic rings. The molecule has 0 aromatic heterocycles. The van der Waals surface area contributed by atoms with E-state index in [1.807, 2.05) is 30.3 Å². The molecule has 0 radical (unpaired) electrons. The molecule has 0 saturated heterocycles. The van der Waals surface area contributed by atoms with Crippen molar-refractivity contribution in [1.82, 2.24) is 0 Å². The Hall–Kier alpha value is -0.880. The van der Waals surface area contributed by atoms with Gasteiger partial charge in [-0.15, -0.1) is 0 Å². The van der Waals surface area contributed by atoms with Crippen LogP contribution in [0.4, 0.5) is 0 Å². The first kappa shape index (κ1) is 19.2. The van der Waals surface area contributed by atoms with Crippen LogP contribution in [0.15, 0.2) is 30.3 Å². The van der Waals surface area contributed by atoms with Gasteiger partial charge in [-0.25, -0.2) is 0 Å². The van der Waals surface area contributed by atoms with E-state index in [0.717, 1.165) is 5.56 Å². The van der Waals surface area contributed by atoms with Gasteiger partial charge in [0, 0.05) is 0 Å². The maximum Gasteiger partial charge on any atom is 0.320 e. The molecule has 2 unspecified atom stereocenters. The molecule has 22 heavy (non-hydrogen) atoms. The summed E-state index contributed by atoms with van der Waals surface area (Å²) in [6.45, 7) is 5.60. The molecule has 4 nitrogen and oxygen atoms in total. The number of hydrogen-bond acceptors (Lipinski definition) is 4. The highest BCUT2D eigenvalue weighted by atomic mass is 79.9. The molecule has 0 spiro atoms. The molecular formula is C16H20Br2O4. The Balaban J connectivity index is 2.41. The average molecular weight is 436 g/mol. The fourth-order valence-corrected chi connectivity index (χ4v) is 3.03. The third-order valence-corrected chi connectivity index (χ3v) is 4.05. The lowest BCUT2D eigenvalue weighted by Crippen LogP contribution is -2.31. The second kappa shape index (κ2) is 8.67. The number of alkyl halides is 2. The van der Waals surface area contributed by atoms with Crippen LogP contribution in [0.25, 0.3) is 0 Å². The monoisotopic (exact) mass is 434 g/mol. The van der Waals surface area contributed by atoms with E-state index in [1.165, 1.54) is 0 Å². The molecule has 0 fully saturated rings. The highest BCUT2D eigenvalue weighted by molar-refractivity contribution is 9.10. The predicted molar refractivity (Wildman–Crippen MR) is 92.1 cm³/mol. The second-order valence-electron chi connectivity index (χ2n) is 5.80. The third kappa shape index (κ3) is 7.40. The van der Waals surface area contributed by atoms with Gasteiger partial charge in [-0.05, 0) is 32.8 Å². The van der Waals surface area contributed by atoms with Crippen LogP contribution in [0.5, 0.6) is 0 Å². The molecule has 1 rings (SSSR count). The van der Waals surface area contributed by atoms with Gasteiger partial charge >= 0.3 is 11.9 Å². The largest absolute Gasteiger partial charge is 0.460 e. The molecule has 0 aliphatic rings. The minimum Gasteiger partial charge on any atom is -0.460 e. The Morgan fingerprint density at radius 3 is 2.14 bits per heavy atom. The number of carbonyl (C=O) groups is 2. The number of hydrogen-bond donors (Lipinski definition) is 0. The van der Waals surface area contributed by atoms with E-state index < -0.39 is 27.2 Å². The minimum atomic E-state index is -0.576. The molecule has 0 aliphatic heterocycles. The molecular weight excluding hydrogens is 416 g/mol. The smallest absolute Gasteiger partial charge is 0.320 e. The van der Waals surface area contributed by atoms with Crippen LogP contribution in [0, 0.1) is 0 Å². The number of ether oxygens (including phenoxy) is 2. The van der Waals surface area contributed by atoms with Crippen molar-refractivity contribution in [2.45, 2.75) is 49.1 Å². The van der Waals surface area contributed by atoms with Crippen molar-refractivity contribution >= 4 is 43.8 Å². The van der Waals surface area contributed by atoms with Gasteiger partial charge in [-0.3, -0.25) is 9.59 Å². The standard InChI is InChI=1S/C16H20Br2O4/c1-16(2,3)22-15(20)13(18)9-12(17)14(19)21-10-11-7-5-4-6-8-11/h4-8,12-13H,9-10H2,1-3H3. The van der Waals surface area contributed by atoms with Gasteiger partial charge in [-0.1, -0.05) is 62.2 Å². The molecule has 0 amide bonds. The number of esters is 2. The maximum absolute atomic E-state index is 11.9. The van der Waals surface area contributed by atoms with E-state index in [9.17, 15) is 9.59 Å². The molecule has 2 atom stereocenters. The summed E-state index contributed by atoms with van der Waals surface area (Å²) in [5.74, 6) is -0.801. The van der Waals surface area contributed by atoms with Gasteiger partial charge in [0.15, 0.2) is 0 Å². The highest BCUT2D eigenvalue weighted by Gasteiger charge is 2.28. The normalized spacial score (nSPS) is 14.0. The van der Waals surface area contributed by atoms with Crippen LogP contribution in [-0.2, 0) is 25.7 Å². The van der Waals surface area contributed by atoms with Crippen molar-refractivity contribution in [2.24, 2.45) is 0 Å². The molecule has 0 N–H and O–H groups in total. The van der Waals surface area contributed by atoms with Crippen LogP contribution >= 0.6 is 31.9 Å². The van der Waals surface area contributed by atoms with Crippen molar-refractivity contribution in [1.29, 1.82) is 0 Å². The van der Waals surface area contributed by atoms with Crippen LogP contribution in [-0.4, -0.2) is 27.2 Å². The average Bonchev–Trinajstić information content (AvgIpc) is 2.43. The molecule has 0 heterocycles. The number of benzene rings is 1. The van der Waals surface area contributed by atoms with E-state index in [0.29, 0.717) is 0 Å². The summed E-state index contributed by atoms with van der Waals surface area (Å²) in [7, 11) is 0. The zero-order valence-electron chi connectivity index (χ0n) is 12.8. The van der Waals surface area contributed by atoms with Crippen molar-refractivity contribution in [3.05, 3.63) is 35.9 Å². The quantitative estimate of drug-likeness (QED) is 0.500. The summed E-state index contributed by atoms with van der Waals surface area (Å²) in [4.78, 5) is 22.6. The summed E-state index contributed by atoms with van der Waals surface area (Å²) >= 11 is 6.50. The van der Waals surface area contributed by atoms with Gasteiger partial charge in [0.1, 0.15) is 21.9 Å². The Kier molecular flexibility index (Phi) is 7.56. The van der Waals surface area contributed by atoms with Crippen molar-refractivity contribution in [3.63, 3.8) is 0 Å². The summed E-state index contributed by atoms with van der Waals surface area (Å²) < 4.78 is 10.5. The van der Waals surface area contributed by atoms with Gasteiger partial charge in [0.2, 0.25) is 0 Å². The van der Waals surface area contributed by atoms with Crippen molar-refractivity contribution in [2.75, 3.05) is 0 Å². The molecule has 0 saturated carbocycles. The third-order valence-electron chi connectivity index (χ3n) is 2.56. The van der Waals surface area contributed by atoms with Crippen LogP contribution in [0.2, 0.25) is 0 Å².